The second-order valence-electron chi connectivity index (χ2n) is 2.09. The fourth-order valence-electron chi connectivity index (χ4n) is 0.723. The van der Waals surface area contributed by atoms with Gasteiger partial charge in [0.15, 0.2) is 0 Å². The van der Waals surface area contributed by atoms with E-state index in [0.29, 0.717) is 6.42 Å². The second kappa shape index (κ2) is 3.47. The summed E-state index contributed by atoms with van der Waals surface area (Å²) in [6, 6.07) is 7.20. The zero-order valence-corrected chi connectivity index (χ0v) is 5.91. The molecule has 0 fully saturated rings. The van der Waals surface area contributed by atoms with Crippen molar-refractivity contribution in [3.8, 4) is 6.07 Å². The van der Waals surface area contributed by atoms with Crippen LogP contribution < -0.4 is 0 Å². The number of pyridine rings is 1. The predicted octanol–water partition coefficient (Wildman–Crippen LogP) is 1.17. The van der Waals surface area contributed by atoms with E-state index in [1.165, 1.54) is 0 Å². The lowest BCUT2D eigenvalue weighted by Gasteiger charge is -1.93. The van der Waals surface area contributed by atoms with Crippen molar-refractivity contribution in [2.75, 3.05) is 0 Å². The van der Waals surface area contributed by atoms with Crippen molar-refractivity contribution in [1.29, 1.82) is 10.7 Å². The molecule has 1 aromatic heterocycles. The molecule has 3 heteroatoms. The monoisotopic (exact) mass is 145 g/mol. The summed E-state index contributed by atoms with van der Waals surface area (Å²) in [7, 11) is 0. The first-order valence-electron chi connectivity index (χ1n) is 3.20. The van der Waals surface area contributed by atoms with E-state index in [4.69, 9.17) is 10.7 Å². The fraction of sp³-hybridized carbons (Fsp3) is 0.125. The second-order valence-corrected chi connectivity index (χ2v) is 2.09. The van der Waals surface area contributed by atoms with Crippen LogP contribution in [0.3, 0.4) is 0 Å². The van der Waals surface area contributed by atoms with Gasteiger partial charge in [0.2, 0.25) is 0 Å². The number of aromatic nitrogens is 1. The zero-order chi connectivity index (χ0) is 8.10. The minimum atomic E-state index is 0.0451. The van der Waals surface area contributed by atoms with Crippen LogP contribution in [0.5, 0.6) is 0 Å². The molecule has 0 aliphatic rings. The van der Waals surface area contributed by atoms with Gasteiger partial charge in [-0.1, -0.05) is 6.07 Å². The molecule has 0 saturated heterocycles. The van der Waals surface area contributed by atoms with Gasteiger partial charge < -0.3 is 0 Å². The topological polar surface area (TPSA) is 60.5 Å². The SMILES string of the molecule is N#CC(=N)Cc1ccccn1. The van der Waals surface area contributed by atoms with Crippen molar-refractivity contribution in [2.24, 2.45) is 0 Å². The highest BCUT2D eigenvalue weighted by molar-refractivity contribution is 5.97. The van der Waals surface area contributed by atoms with Gasteiger partial charge in [-0.15, -0.1) is 0 Å². The summed E-state index contributed by atoms with van der Waals surface area (Å²) in [5.41, 5.74) is 0.808. The third kappa shape index (κ3) is 2.18. The van der Waals surface area contributed by atoms with E-state index in [9.17, 15) is 0 Å². The number of nitrogens with zero attached hydrogens (tertiary/aromatic N) is 2. The molecule has 0 aliphatic carbocycles. The Morgan fingerprint density at radius 1 is 1.64 bits per heavy atom. The first kappa shape index (κ1) is 7.42. The Morgan fingerprint density at radius 3 is 3.00 bits per heavy atom. The summed E-state index contributed by atoms with van der Waals surface area (Å²) in [6.45, 7) is 0. The highest BCUT2D eigenvalue weighted by atomic mass is 14.7. The predicted molar refractivity (Wildman–Crippen MR) is 41.3 cm³/mol. The summed E-state index contributed by atoms with van der Waals surface area (Å²) in [5.74, 6) is 0. The first-order chi connectivity index (χ1) is 5.33. The van der Waals surface area contributed by atoms with E-state index in [2.05, 4.69) is 4.98 Å². The normalized spacial score (nSPS) is 8.64. The lowest BCUT2D eigenvalue weighted by Crippen LogP contribution is -1.98. The molecule has 0 bridgehead atoms. The Kier molecular flexibility index (Phi) is 2.34. The van der Waals surface area contributed by atoms with E-state index in [1.807, 2.05) is 6.07 Å². The maximum Gasteiger partial charge on any atom is 0.114 e. The quantitative estimate of drug-likeness (QED) is 0.635. The number of hydrogen-bond donors (Lipinski definition) is 1. The van der Waals surface area contributed by atoms with Crippen molar-refractivity contribution in [3.63, 3.8) is 0 Å². The van der Waals surface area contributed by atoms with E-state index < -0.39 is 0 Å². The average molecular weight is 145 g/mol. The lowest BCUT2D eigenvalue weighted by molar-refractivity contribution is 1.13. The molecule has 1 N–H and O–H groups in total. The molecule has 3 nitrogen and oxygen atoms in total. The molecule has 0 atom stereocenters. The van der Waals surface area contributed by atoms with Gasteiger partial charge in [0.25, 0.3) is 0 Å². The van der Waals surface area contributed by atoms with Crippen molar-refractivity contribution in [2.45, 2.75) is 6.42 Å². The van der Waals surface area contributed by atoms with Crippen LogP contribution in [-0.2, 0) is 6.42 Å². The van der Waals surface area contributed by atoms with E-state index in [0.717, 1.165) is 5.69 Å². The molecular formula is C8H7N3. The average Bonchev–Trinajstić information content (AvgIpc) is 2.06. The van der Waals surface area contributed by atoms with Gasteiger partial charge in [-0.25, -0.2) is 0 Å². The van der Waals surface area contributed by atoms with Gasteiger partial charge >= 0.3 is 0 Å². The molecule has 54 valence electrons. The largest absolute Gasteiger partial charge is 0.294 e. The molecular weight excluding hydrogens is 138 g/mol. The van der Waals surface area contributed by atoms with E-state index >= 15 is 0 Å². The maximum atomic E-state index is 8.29. The van der Waals surface area contributed by atoms with Crippen LogP contribution in [0.2, 0.25) is 0 Å². The maximum absolute atomic E-state index is 8.29. The summed E-state index contributed by atoms with van der Waals surface area (Å²) >= 11 is 0. The molecule has 1 aromatic rings. The molecule has 1 rings (SSSR count). The Balaban J connectivity index is 2.67. The number of hydrogen-bond acceptors (Lipinski definition) is 3. The smallest absolute Gasteiger partial charge is 0.114 e. The van der Waals surface area contributed by atoms with Gasteiger partial charge in [0.05, 0.1) is 0 Å². The Labute approximate surface area is 64.8 Å². The Morgan fingerprint density at radius 2 is 2.45 bits per heavy atom. The van der Waals surface area contributed by atoms with Crippen molar-refractivity contribution < 1.29 is 0 Å². The standard InChI is InChI=1S/C8H7N3/c9-6-7(10)5-8-3-1-2-4-11-8/h1-4,10H,5H2. The Bertz CT molecular complexity index is 284. The summed E-state index contributed by atoms with van der Waals surface area (Å²) in [4.78, 5) is 3.97. The van der Waals surface area contributed by atoms with Crippen molar-refractivity contribution >= 4 is 5.71 Å². The molecule has 0 radical (unpaired) electrons. The third-order valence-corrected chi connectivity index (χ3v) is 1.22. The summed E-state index contributed by atoms with van der Waals surface area (Å²) in [6.07, 6.45) is 1.98. The van der Waals surface area contributed by atoms with Gasteiger partial charge in [-0.2, -0.15) is 5.26 Å². The molecule has 0 saturated carbocycles. The molecule has 0 amide bonds. The van der Waals surface area contributed by atoms with Gasteiger partial charge in [-0.05, 0) is 12.1 Å². The molecule has 0 spiro atoms. The van der Waals surface area contributed by atoms with Crippen LogP contribution in [0.25, 0.3) is 0 Å². The van der Waals surface area contributed by atoms with Crippen LogP contribution in [0.15, 0.2) is 24.4 Å². The van der Waals surface area contributed by atoms with E-state index in [1.54, 1.807) is 24.4 Å². The lowest BCUT2D eigenvalue weighted by atomic mass is 10.2. The zero-order valence-electron chi connectivity index (χ0n) is 5.91. The van der Waals surface area contributed by atoms with E-state index in [-0.39, 0.29) is 5.71 Å². The first-order valence-corrected chi connectivity index (χ1v) is 3.20. The minimum Gasteiger partial charge on any atom is -0.294 e. The fourth-order valence-corrected chi connectivity index (χ4v) is 0.723. The van der Waals surface area contributed by atoms with Gasteiger partial charge in [0, 0.05) is 18.3 Å². The molecule has 0 unspecified atom stereocenters. The van der Waals surface area contributed by atoms with Gasteiger partial charge in [-0.3, -0.25) is 10.4 Å². The molecule has 1 heterocycles. The molecule has 0 aliphatic heterocycles. The van der Waals surface area contributed by atoms with Gasteiger partial charge in [0.1, 0.15) is 11.8 Å². The third-order valence-electron chi connectivity index (χ3n) is 1.22. The van der Waals surface area contributed by atoms with Crippen LogP contribution in [0, 0.1) is 16.7 Å². The number of nitriles is 1. The van der Waals surface area contributed by atoms with Crippen molar-refractivity contribution in [3.05, 3.63) is 30.1 Å². The number of rotatable bonds is 2. The molecule has 0 aromatic carbocycles. The van der Waals surface area contributed by atoms with Crippen LogP contribution in [0.1, 0.15) is 5.69 Å². The minimum absolute atomic E-state index is 0.0451. The summed E-state index contributed by atoms with van der Waals surface area (Å²) in [5, 5.41) is 15.4. The highest BCUT2D eigenvalue weighted by Gasteiger charge is 1.96. The summed E-state index contributed by atoms with van der Waals surface area (Å²) < 4.78 is 0. The van der Waals surface area contributed by atoms with Crippen LogP contribution in [-0.4, -0.2) is 10.7 Å². The Hall–Kier alpha value is -1.69. The molecule has 11 heavy (non-hydrogen) atoms. The van der Waals surface area contributed by atoms with Crippen LogP contribution >= 0.6 is 0 Å². The number of nitrogens with one attached hydrogen (secondary N) is 1. The van der Waals surface area contributed by atoms with Crippen LogP contribution in [0.4, 0.5) is 0 Å². The highest BCUT2D eigenvalue weighted by Crippen LogP contribution is 1.94. The van der Waals surface area contributed by atoms with Crippen molar-refractivity contribution in [1.82, 2.24) is 4.98 Å².